The number of hydrogen-bond donors (Lipinski definition) is 2. The molecular formula is C9H10ClNO3. The number of aliphatic hydroxyl groups excluding tert-OH is 1. The van der Waals surface area contributed by atoms with E-state index in [1.54, 1.807) is 12.1 Å². The van der Waals surface area contributed by atoms with Crippen molar-refractivity contribution in [2.75, 3.05) is 7.11 Å². The lowest BCUT2D eigenvalue weighted by Gasteiger charge is -2.11. The van der Waals surface area contributed by atoms with E-state index in [1.165, 1.54) is 13.2 Å². The minimum Gasteiger partial charge on any atom is -0.496 e. The van der Waals surface area contributed by atoms with Gasteiger partial charge in [-0.1, -0.05) is 11.6 Å². The van der Waals surface area contributed by atoms with Gasteiger partial charge >= 0.3 is 0 Å². The maximum absolute atomic E-state index is 10.8. The maximum atomic E-state index is 10.8. The van der Waals surface area contributed by atoms with Gasteiger partial charge in [0, 0.05) is 10.6 Å². The molecular weight excluding hydrogens is 206 g/mol. The number of benzene rings is 1. The number of methoxy groups -OCH3 is 1. The second-order valence-electron chi connectivity index (χ2n) is 2.69. The highest BCUT2D eigenvalue weighted by molar-refractivity contribution is 6.30. The van der Waals surface area contributed by atoms with Crippen molar-refractivity contribution in [3.8, 4) is 5.75 Å². The zero-order valence-electron chi connectivity index (χ0n) is 7.53. The molecule has 1 amide bonds. The van der Waals surface area contributed by atoms with E-state index in [0.717, 1.165) is 0 Å². The summed E-state index contributed by atoms with van der Waals surface area (Å²) in [5.74, 6) is -0.466. The third kappa shape index (κ3) is 2.16. The Kier molecular flexibility index (Phi) is 3.33. The monoisotopic (exact) mass is 215 g/mol. The molecule has 0 saturated heterocycles. The molecule has 0 saturated carbocycles. The predicted molar refractivity (Wildman–Crippen MR) is 52.2 cm³/mol. The molecule has 1 rings (SSSR count). The molecule has 0 radical (unpaired) electrons. The fourth-order valence-electron chi connectivity index (χ4n) is 1.07. The van der Waals surface area contributed by atoms with Crippen LogP contribution in [-0.2, 0) is 4.79 Å². The first-order valence-corrected chi connectivity index (χ1v) is 4.25. The number of carbonyl (C=O) groups excluding carboxylic acids is 1. The number of halogens is 1. The Bertz CT molecular complexity index is 354. The van der Waals surface area contributed by atoms with Gasteiger partial charge in [-0.15, -0.1) is 0 Å². The van der Waals surface area contributed by atoms with E-state index in [2.05, 4.69) is 0 Å². The van der Waals surface area contributed by atoms with Gasteiger partial charge in [-0.25, -0.2) is 0 Å². The van der Waals surface area contributed by atoms with Crippen LogP contribution in [0.25, 0.3) is 0 Å². The molecule has 5 heteroatoms. The predicted octanol–water partition coefficient (Wildman–Crippen LogP) is 0.867. The molecule has 0 fully saturated rings. The molecule has 3 N–H and O–H groups in total. The summed E-state index contributed by atoms with van der Waals surface area (Å²) >= 11 is 5.70. The van der Waals surface area contributed by atoms with Crippen molar-refractivity contribution in [2.45, 2.75) is 6.10 Å². The van der Waals surface area contributed by atoms with E-state index in [1.807, 2.05) is 0 Å². The lowest BCUT2D eigenvalue weighted by atomic mass is 10.1. The number of primary amides is 1. The summed E-state index contributed by atoms with van der Waals surface area (Å²) in [6.07, 6.45) is -1.40. The molecule has 76 valence electrons. The van der Waals surface area contributed by atoms with Gasteiger partial charge in [-0.3, -0.25) is 4.79 Å². The SMILES string of the molecule is COc1ccc(Cl)cc1C(O)C(N)=O. The van der Waals surface area contributed by atoms with E-state index in [4.69, 9.17) is 22.1 Å². The zero-order valence-corrected chi connectivity index (χ0v) is 8.28. The average Bonchev–Trinajstić information content (AvgIpc) is 2.16. The van der Waals surface area contributed by atoms with Crippen LogP contribution in [0.2, 0.25) is 5.02 Å². The molecule has 0 aliphatic rings. The van der Waals surface area contributed by atoms with Crippen molar-refractivity contribution >= 4 is 17.5 Å². The first-order chi connectivity index (χ1) is 6.56. The lowest BCUT2D eigenvalue weighted by Crippen LogP contribution is -2.21. The molecule has 0 heterocycles. The summed E-state index contributed by atoms with van der Waals surface area (Å²) in [5, 5.41) is 9.82. The Morgan fingerprint density at radius 1 is 1.64 bits per heavy atom. The smallest absolute Gasteiger partial charge is 0.251 e. The van der Waals surface area contributed by atoms with Crippen LogP contribution in [0.5, 0.6) is 5.75 Å². The average molecular weight is 216 g/mol. The summed E-state index contributed by atoms with van der Waals surface area (Å²) in [5.41, 5.74) is 5.22. The van der Waals surface area contributed by atoms with Crippen LogP contribution < -0.4 is 10.5 Å². The molecule has 0 aliphatic heterocycles. The Morgan fingerprint density at radius 2 is 2.29 bits per heavy atom. The van der Waals surface area contributed by atoms with Gasteiger partial charge < -0.3 is 15.6 Å². The van der Waals surface area contributed by atoms with Gasteiger partial charge in [0.15, 0.2) is 6.10 Å². The van der Waals surface area contributed by atoms with Gasteiger partial charge in [0.05, 0.1) is 7.11 Å². The minimum atomic E-state index is -1.40. The van der Waals surface area contributed by atoms with E-state index in [0.29, 0.717) is 10.8 Å². The molecule has 14 heavy (non-hydrogen) atoms. The van der Waals surface area contributed by atoms with Gasteiger partial charge in [0.1, 0.15) is 5.75 Å². The summed E-state index contributed by atoms with van der Waals surface area (Å²) in [4.78, 5) is 10.8. The highest BCUT2D eigenvalue weighted by Gasteiger charge is 2.18. The molecule has 1 aromatic rings. The lowest BCUT2D eigenvalue weighted by molar-refractivity contribution is -0.126. The van der Waals surface area contributed by atoms with Crippen LogP contribution in [0.4, 0.5) is 0 Å². The summed E-state index contributed by atoms with van der Waals surface area (Å²) in [6, 6.07) is 4.59. The Morgan fingerprint density at radius 3 is 2.79 bits per heavy atom. The second kappa shape index (κ2) is 4.30. The number of rotatable bonds is 3. The quantitative estimate of drug-likeness (QED) is 0.786. The number of ether oxygens (including phenoxy) is 1. The molecule has 0 bridgehead atoms. The second-order valence-corrected chi connectivity index (χ2v) is 3.13. The Hall–Kier alpha value is -1.26. The van der Waals surface area contributed by atoms with Crippen molar-refractivity contribution < 1.29 is 14.6 Å². The van der Waals surface area contributed by atoms with Crippen LogP contribution in [-0.4, -0.2) is 18.1 Å². The van der Waals surface area contributed by atoms with Crippen molar-refractivity contribution in [1.82, 2.24) is 0 Å². The molecule has 0 aromatic heterocycles. The largest absolute Gasteiger partial charge is 0.496 e. The van der Waals surface area contributed by atoms with Crippen LogP contribution in [0.3, 0.4) is 0 Å². The fraction of sp³-hybridized carbons (Fsp3) is 0.222. The van der Waals surface area contributed by atoms with Crippen LogP contribution in [0, 0.1) is 0 Å². The number of aliphatic hydroxyl groups is 1. The van der Waals surface area contributed by atoms with Crippen molar-refractivity contribution in [3.05, 3.63) is 28.8 Å². The standard InChI is InChI=1S/C9H10ClNO3/c1-14-7-3-2-5(10)4-6(7)8(12)9(11)13/h2-4,8,12H,1H3,(H2,11,13). The topological polar surface area (TPSA) is 72.6 Å². The molecule has 1 unspecified atom stereocenters. The van der Waals surface area contributed by atoms with Crippen LogP contribution in [0.15, 0.2) is 18.2 Å². The van der Waals surface area contributed by atoms with Crippen molar-refractivity contribution in [1.29, 1.82) is 0 Å². The minimum absolute atomic E-state index is 0.271. The summed E-state index contributed by atoms with van der Waals surface area (Å²) in [7, 11) is 1.43. The van der Waals surface area contributed by atoms with Crippen molar-refractivity contribution in [3.63, 3.8) is 0 Å². The van der Waals surface area contributed by atoms with E-state index >= 15 is 0 Å². The first-order valence-electron chi connectivity index (χ1n) is 3.87. The van der Waals surface area contributed by atoms with E-state index in [9.17, 15) is 9.90 Å². The highest BCUT2D eigenvalue weighted by atomic mass is 35.5. The molecule has 1 atom stereocenters. The number of amides is 1. The van der Waals surface area contributed by atoms with E-state index in [-0.39, 0.29) is 5.56 Å². The fourth-order valence-corrected chi connectivity index (χ4v) is 1.25. The van der Waals surface area contributed by atoms with Crippen LogP contribution in [0.1, 0.15) is 11.7 Å². The summed E-state index contributed by atoms with van der Waals surface area (Å²) < 4.78 is 4.95. The van der Waals surface area contributed by atoms with Gasteiger partial charge in [0.25, 0.3) is 5.91 Å². The first kappa shape index (κ1) is 10.8. The molecule has 1 aromatic carbocycles. The van der Waals surface area contributed by atoms with E-state index < -0.39 is 12.0 Å². The molecule has 0 spiro atoms. The normalized spacial score (nSPS) is 12.2. The Balaban J connectivity index is 3.16. The number of nitrogens with two attached hydrogens (primary N) is 1. The maximum Gasteiger partial charge on any atom is 0.251 e. The van der Waals surface area contributed by atoms with Crippen LogP contribution >= 0.6 is 11.6 Å². The highest BCUT2D eigenvalue weighted by Crippen LogP contribution is 2.27. The third-order valence-electron chi connectivity index (χ3n) is 1.76. The molecule has 0 aliphatic carbocycles. The Labute approximate surface area is 86.2 Å². The van der Waals surface area contributed by atoms with Crippen molar-refractivity contribution in [2.24, 2.45) is 5.73 Å². The summed E-state index contributed by atoms with van der Waals surface area (Å²) in [6.45, 7) is 0. The number of carbonyl (C=O) groups is 1. The van der Waals surface area contributed by atoms with Gasteiger partial charge in [-0.05, 0) is 18.2 Å². The van der Waals surface area contributed by atoms with Gasteiger partial charge in [-0.2, -0.15) is 0 Å². The van der Waals surface area contributed by atoms with Gasteiger partial charge in [0.2, 0.25) is 0 Å². The number of hydrogen-bond acceptors (Lipinski definition) is 3. The third-order valence-corrected chi connectivity index (χ3v) is 1.99. The zero-order chi connectivity index (χ0) is 10.7. The molecule has 4 nitrogen and oxygen atoms in total.